The van der Waals surface area contributed by atoms with Crippen molar-refractivity contribution in [3.8, 4) is 5.75 Å². The van der Waals surface area contributed by atoms with Crippen LogP contribution < -0.4 is 15.6 Å². The normalized spacial score (nSPS) is 10.5. The average molecular weight is 391 g/mol. The second-order valence-electron chi connectivity index (χ2n) is 6.73. The summed E-state index contributed by atoms with van der Waals surface area (Å²) in [6, 6.07) is 20.4. The summed E-state index contributed by atoms with van der Waals surface area (Å²) in [7, 11) is 0. The van der Waals surface area contributed by atoms with E-state index in [1.165, 1.54) is 16.8 Å². The molecule has 0 aliphatic heterocycles. The summed E-state index contributed by atoms with van der Waals surface area (Å²) in [6.07, 6.45) is 1.80. The third kappa shape index (κ3) is 6.04. The van der Waals surface area contributed by atoms with E-state index in [1.807, 2.05) is 61.5 Å². The highest BCUT2D eigenvalue weighted by Gasteiger charge is 2.09. The first-order valence-corrected chi connectivity index (χ1v) is 9.77. The lowest BCUT2D eigenvalue weighted by Gasteiger charge is -2.09. The molecule has 0 saturated carbocycles. The Morgan fingerprint density at radius 3 is 2.48 bits per heavy atom. The molecule has 6 heteroatoms. The standard InChI is InChI=1S/C23H25N3O3/c1-2-3-15-26-22(27)14-13-21(25-26)23(28)24-16-18-9-11-20(12-10-18)29-17-19-7-5-4-6-8-19/h4-14H,2-3,15-17H2,1H3,(H,24,28). The summed E-state index contributed by atoms with van der Waals surface area (Å²) in [6.45, 7) is 3.43. The van der Waals surface area contributed by atoms with E-state index in [-0.39, 0.29) is 17.2 Å². The topological polar surface area (TPSA) is 73.2 Å². The highest BCUT2D eigenvalue weighted by atomic mass is 16.5. The number of amides is 1. The number of aromatic nitrogens is 2. The Morgan fingerprint density at radius 2 is 1.76 bits per heavy atom. The van der Waals surface area contributed by atoms with Crippen LogP contribution in [0.5, 0.6) is 5.75 Å². The van der Waals surface area contributed by atoms with Gasteiger partial charge in [-0.2, -0.15) is 5.10 Å². The number of hydrogen-bond donors (Lipinski definition) is 1. The molecule has 0 saturated heterocycles. The number of nitrogens with one attached hydrogen (secondary N) is 1. The lowest BCUT2D eigenvalue weighted by Crippen LogP contribution is -2.29. The van der Waals surface area contributed by atoms with Crippen molar-refractivity contribution in [1.29, 1.82) is 0 Å². The van der Waals surface area contributed by atoms with Crippen molar-refractivity contribution in [2.75, 3.05) is 0 Å². The molecule has 3 aromatic rings. The number of rotatable bonds is 9. The fourth-order valence-corrected chi connectivity index (χ4v) is 2.76. The Kier molecular flexibility index (Phi) is 7.16. The number of aryl methyl sites for hydroxylation is 1. The van der Waals surface area contributed by atoms with Crippen molar-refractivity contribution < 1.29 is 9.53 Å². The molecule has 3 rings (SSSR count). The number of carbonyl (C=O) groups is 1. The molecule has 29 heavy (non-hydrogen) atoms. The Bertz CT molecular complexity index is 982. The summed E-state index contributed by atoms with van der Waals surface area (Å²) in [5.74, 6) is 0.466. The van der Waals surface area contributed by atoms with Crippen LogP contribution in [0.4, 0.5) is 0 Å². The second-order valence-corrected chi connectivity index (χ2v) is 6.73. The molecule has 0 aliphatic rings. The van der Waals surface area contributed by atoms with Gasteiger partial charge >= 0.3 is 0 Å². The lowest BCUT2D eigenvalue weighted by molar-refractivity contribution is 0.0943. The number of unbranched alkanes of at least 4 members (excludes halogenated alkanes) is 1. The molecule has 0 spiro atoms. The maximum atomic E-state index is 12.4. The predicted molar refractivity (Wildman–Crippen MR) is 112 cm³/mol. The lowest BCUT2D eigenvalue weighted by atomic mass is 10.2. The highest BCUT2D eigenvalue weighted by molar-refractivity contribution is 5.91. The van der Waals surface area contributed by atoms with Gasteiger partial charge in [-0.15, -0.1) is 0 Å². The van der Waals surface area contributed by atoms with Gasteiger partial charge in [0.25, 0.3) is 11.5 Å². The van der Waals surface area contributed by atoms with Crippen LogP contribution in [-0.2, 0) is 19.7 Å². The van der Waals surface area contributed by atoms with Crippen LogP contribution in [0.1, 0.15) is 41.4 Å². The minimum atomic E-state index is -0.306. The fourth-order valence-electron chi connectivity index (χ4n) is 2.76. The van der Waals surface area contributed by atoms with E-state index in [4.69, 9.17) is 4.74 Å². The third-order valence-corrected chi connectivity index (χ3v) is 4.45. The van der Waals surface area contributed by atoms with Crippen molar-refractivity contribution in [2.45, 2.75) is 39.5 Å². The van der Waals surface area contributed by atoms with E-state index in [0.29, 0.717) is 19.7 Å². The molecular weight excluding hydrogens is 366 g/mol. The highest BCUT2D eigenvalue weighted by Crippen LogP contribution is 2.14. The Morgan fingerprint density at radius 1 is 1.00 bits per heavy atom. The first-order valence-electron chi connectivity index (χ1n) is 9.77. The minimum absolute atomic E-state index is 0.193. The van der Waals surface area contributed by atoms with Crippen molar-refractivity contribution in [2.24, 2.45) is 0 Å². The van der Waals surface area contributed by atoms with Crippen LogP contribution in [0, 0.1) is 0 Å². The van der Waals surface area contributed by atoms with Crippen LogP contribution in [0.3, 0.4) is 0 Å². The van der Waals surface area contributed by atoms with Gasteiger partial charge in [-0.05, 0) is 35.7 Å². The van der Waals surface area contributed by atoms with Crippen molar-refractivity contribution >= 4 is 5.91 Å². The van der Waals surface area contributed by atoms with Gasteiger partial charge in [0.1, 0.15) is 18.1 Å². The number of benzene rings is 2. The first kappa shape index (κ1) is 20.3. The van der Waals surface area contributed by atoms with Gasteiger partial charge in [-0.1, -0.05) is 55.8 Å². The van der Waals surface area contributed by atoms with E-state index < -0.39 is 0 Å². The quantitative estimate of drug-likeness (QED) is 0.605. The number of ether oxygens (including phenoxy) is 1. The van der Waals surface area contributed by atoms with Gasteiger partial charge in [0.05, 0.1) is 0 Å². The van der Waals surface area contributed by atoms with Gasteiger partial charge < -0.3 is 10.1 Å². The van der Waals surface area contributed by atoms with E-state index in [1.54, 1.807) is 0 Å². The van der Waals surface area contributed by atoms with Gasteiger partial charge in [0.15, 0.2) is 0 Å². The molecule has 150 valence electrons. The van der Waals surface area contributed by atoms with Crippen LogP contribution >= 0.6 is 0 Å². The molecule has 0 aliphatic carbocycles. The molecule has 0 radical (unpaired) electrons. The monoisotopic (exact) mass is 391 g/mol. The van der Waals surface area contributed by atoms with Gasteiger partial charge in [-0.3, -0.25) is 9.59 Å². The molecule has 1 N–H and O–H groups in total. The SMILES string of the molecule is CCCCn1nc(C(=O)NCc2ccc(OCc3ccccc3)cc2)ccc1=O. The Labute approximate surface area is 170 Å². The van der Waals surface area contributed by atoms with E-state index >= 15 is 0 Å². The maximum absolute atomic E-state index is 12.4. The molecule has 0 unspecified atom stereocenters. The van der Waals surface area contributed by atoms with Crippen LogP contribution in [-0.4, -0.2) is 15.7 Å². The zero-order chi connectivity index (χ0) is 20.5. The molecule has 0 fully saturated rings. The van der Waals surface area contributed by atoms with Gasteiger partial charge in [-0.25, -0.2) is 4.68 Å². The fraction of sp³-hybridized carbons (Fsp3) is 0.261. The maximum Gasteiger partial charge on any atom is 0.271 e. The summed E-state index contributed by atoms with van der Waals surface area (Å²) < 4.78 is 7.11. The minimum Gasteiger partial charge on any atom is -0.489 e. The average Bonchev–Trinajstić information content (AvgIpc) is 2.77. The summed E-state index contributed by atoms with van der Waals surface area (Å²) in [4.78, 5) is 24.2. The molecule has 2 aromatic carbocycles. The van der Waals surface area contributed by atoms with Crippen LogP contribution in [0.25, 0.3) is 0 Å². The molecular formula is C23H25N3O3. The Hall–Kier alpha value is -3.41. The Balaban J connectivity index is 1.53. The van der Waals surface area contributed by atoms with Crippen LogP contribution in [0.15, 0.2) is 71.5 Å². The number of carbonyl (C=O) groups excluding carboxylic acids is 1. The van der Waals surface area contributed by atoms with Crippen molar-refractivity contribution in [3.05, 3.63) is 93.9 Å². The van der Waals surface area contributed by atoms with E-state index in [9.17, 15) is 9.59 Å². The molecule has 0 atom stereocenters. The van der Waals surface area contributed by atoms with Crippen molar-refractivity contribution in [3.63, 3.8) is 0 Å². The van der Waals surface area contributed by atoms with E-state index in [0.717, 1.165) is 29.7 Å². The molecule has 1 aromatic heterocycles. The van der Waals surface area contributed by atoms with Crippen molar-refractivity contribution in [1.82, 2.24) is 15.1 Å². The second kappa shape index (κ2) is 10.2. The largest absolute Gasteiger partial charge is 0.489 e. The van der Waals surface area contributed by atoms with Crippen LogP contribution in [0.2, 0.25) is 0 Å². The molecule has 0 bridgehead atoms. The summed E-state index contributed by atoms with van der Waals surface area (Å²) in [5.41, 5.74) is 2.10. The predicted octanol–water partition coefficient (Wildman–Crippen LogP) is 3.55. The summed E-state index contributed by atoms with van der Waals surface area (Å²) in [5, 5.41) is 7.00. The van der Waals surface area contributed by atoms with Gasteiger partial charge in [0.2, 0.25) is 0 Å². The smallest absolute Gasteiger partial charge is 0.271 e. The zero-order valence-corrected chi connectivity index (χ0v) is 16.5. The molecule has 1 amide bonds. The number of hydrogen-bond acceptors (Lipinski definition) is 4. The summed E-state index contributed by atoms with van der Waals surface area (Å²) >= 11 is 0. The molecule has 1 heterocycles. The zero-order valence-electron chi connectivity index (χ0n) is 16.5. The third-order valence-electron chi connectivity index (χ3n) is 4.45. The van der Waals surface area contributed by atoms with E-state index in [2.05, 4.69) is 10.4 Å². The number of nitrogens with zero attached hydrogens (tertiary/aromatic N) is 2. The molecule has 6 nitrogen and oxygen atoms in total. The first-order chi connectivity index (χ1) is 14.2. The van der Waals surface area contributed by atoms with Gasteiger partial charge in [0, 0.05) is 19.2 Å².